The molecule has 2 aliphatic rings. The van der Waals surface area contributed by atoms with Crippen molar-refractivity contribution in [2.24, 2.45) is 9.98 Å². The number of carbonyl (C=O) groups is 1. The SMILES string of the molecule is O=C1NCC2N=CCN=C2N1. The number of nitrogens with one attached hydrogen (secondary N) is 2. The number of urea groups is 1. The van der Waals surface area contributed by atoms with Crippen molar-refractivity contribution < 1.29 is 4.79 Å². The van der Waals surface area contributed by atoms with Crippen molar-refractivity contribution in [3.63, 3.8) is 0 Å². The molecule has 0 saturated carbocycles. The van der Waals surface area contributed by atoms with Crippen LogP contribution < -0.4 is 10.6 Å². The van der Waals surface area contributed by atoms with Crippen molar-refractivity contribution in [3.05, 3.63) is 0 Å². The van der Waals surface area contributed by atoms with Crippen molar-refractivity contribution in [1.29, 1.82) is 0 Å². The summed E-state index contributed by atoms with van der Waals surface area (Å²) in [6.07, 6.45) is 1.76. The lowest BCUT2D eigenvalue weighted by Crippen LogP contribution is -2.55. The molecule has 2 rings (SSSR count). The molecule has 0 aromatic heterocycles. The molecule has 0 radical (unpaired) electrons. The lowest BCUT2D eigenvalue weighted by molar-refractivity contribution is 0.243. The van der Waals surface area contributed by atoms with Crippen LogP contribution >= 0.6 is 0 Å². The molecule has 1 fully saturated rings. The van der Waals surface area contributed by atoms with E-state index in [4.69, 9.17) is 0 Å². The highest BCUT2D eigenvalue weighted by atomic mass is 16.2. The van der Waals surface area contributed by atoms with Crippen LogP contribution in [-0.4, -0.2) is 37.2 Å². The number of carbonyl (C=O) groups excluding carboxylic acids is 1. The summed E-state index contributed by atoms with van der Waals surface area (Å²) in [6.45, 7) is 1.13. The summed E-state index contributed by atoms with van der Waals surface area (Å²) in [4.78, 5) is 19.0. The Labute approximate surface area is 63.6 Å². The van der Waals surface area contributed by atoms with Gasteiger partial charge in [0.1, 0.15) is 11.9 Å². The molecule has 1 atom stereocenters. The Morgan fingerprint density at radius 1 is 1.64 bits per heavy atom. The van der Waals surface area contributed by atoms with Gasteiger partial charge in [-0.1, -0.05) is 0 Å². The van der Waals surface area contributed by atoms with Gasteiger partial charge >= 0.3 is 6.03 Å². The quantitative estimate of drug-likeness (QED) is 0.466. The van der Waals surface area contributed by atoms with Crippen LogP contribution in [0.25, 0.3) is 0 Å². The zero-order chi connectivity index (χ0) is 7.68. The van der Waals surface area contributed by atoms with Crippen LogP contribution in [0, 0.1) is 0 Å². The van der Waals surface area contributed by atoms with Crippen molar-refractivity contribution in [2.45, 2.75) is 6.04 Å². The van der Waals surface area contributed by atoms with Crippen LogP contribution in [-0.2, 0) is 0 Å². The third-order valence-electron chi connectivity index (χ3n) is 1.64. The average Bonchev–Trinajstić information content (AvgIpc) is 2.04. The van der Waals surface area contributed by atoms with Crippen LogP contribution in [0.3, 0.4) is 0 Å². The number of amidine groups is 1. The van der Waals surface area contributed by atoms with E-state index < -0.39 is 0 Å². The fourth-order valence-electron chi connectivity index (χ4n) is 1.11. The van der Waals surface area contributed by atoms with Crippen molar-refractivity contribution in [2.75, 3.05) is 13.1 Å². The standard InChI is InChI=1S/C6H8N4O/c11-6-9-3-4-5(10-6)8-2-1-7-4/h1,4H,2-3H2,(H2,8,9,10,11). The predicted octanol–water partition coefficient (Wildman–Crippen LogP) is -0.849. The average molecular weight is 152 g/mol. The van der Waals surface area contributed by atoms with Gasteiger partial charge in [0.15, 0.2) is 0 Å². The van der Waals surface area contributed by atoms with Gasteiger partial charge in [0, 0.05) is 12.8 Å². The molecule has 0 aliphatic carbocycles. The topological polar surface area (TPSA) is 65.8 Å². The summed E-state index contributed by atoms with van der Waals surface area (Å²) in [7, 11) is 0. The Morgan fingerprint density at radius 3 is 3.45 bits per heavy atom. The molecular formula is C6H8N4O. The molecule has 0 aromatic carbocycles. The molecule has 11 heavy (non-hydrogen) atoms. The third-order valence-corrected chi connectivity index (χ3v) is 1.64. The molecule has 1 saturated heterocycles. The number of nitrogens with zero attached hydrogens (tertiary/aromatic N) is 2. The Kier molecular flexibility index (Phi) is 1.34. The molecular weight excluding hydrogens is 144 g/mol. The first kappa shape index (κ1) is 6.33. The Hall–Kier alpha value is -1.39. The molecule has 2 aliphatic heterocycles. The van der Waals surface area contributed by atoms with Gasteiger partial charge in [0.05, 0.1) is 6.54 Å². The van der Waals surface area contributed by atoms with Crippen molar-refractivity contribution >= 4 is 18.1 Å². The molecule has 0 aromatic rings. The molecule has 0 bridgehead atoms. The second-order valence-electron chi connectivity index (χ2n) is 2.41. The number of hydrogen-bond acceptors (Lipinski definition) is 3. The van der Waals surface area contributed by atoms with E-state index in [-0.39, 0.29) is 12.1 Å². The van der Waals surface area contributed by atoms with Gasteiger partial charge in [0.2, 0.25) is 0 Å². The van der Waals surface area contributed by atoms with E-state index in [1.54, 1.807) is 6.21 Å². The van der Waals surface area contributed by atoms with Gasteiger partial charge in [-0.25, -0.2) is 4.79 Å². The molecule has 2 N–H and O–H groups in total. The minimum Gasteiger partial charge on any atom is -0.335 e. The van der Waals surface area contributed by atoms with Gasteiger partial charge in [0.25, 0.3) is 0 Å². The molecule has 58 valence electrons. The van der Waals surface area contributed by atoms with E-state index >= 15 is 0 Å². The van der Waals surface area contributed by atoms with E-state index in [9.17, 15) is 4.79 Å². The maximum atomic E-state index is 10.8. The van der Waals surface area contributed by atoms with Crippen molar-refractivity contribution in [3.8, 4) is 0 Å². The van der Waals surface area contributed by atoms with Crippen LogP contribution in [0.1, 0.15) is 0 Å². The summed E-state index contributed by atoms with van der Waals surface area (Å²) in [6, 6.07) is -0.168. The molecule has 5 heteroatoms. The number of rotatable bonds is 0. The minimum atomic E-state index is -0.183. The second kappa shape index (κ2) is 2.34. The zero-order valence-corrected chi connectivity index (χ0v) is 5.87. The highest BCUT2D eigenvalue weighted by molar-refractivity contribution is 6.04. The van der Waals surface area contributed by atoms with Gasteiger partial charge in [-0.05, 0) is 0 Å². The summed E-state index contributed by atoms with van der Waals surface area (Å²) < 4.78 is 0. The highest BCUT2D eigenvalue weighted by Gasteiger charge is 2.23. The predicted molar refractivity (Wildman–Crippen MR) is 41.1 cm³/mol. The molecule has 5 nitrogen and oxygen atoms in total. The maximum absolute atomic E-state index is 10.8. The largest absolute Gasteiger partial charge is 0.335 e. The van der Waals surface area contributed by atoms with Gasteiger partial charge < -0.3 is 5.32 Å². The lowest BCUT2D eigenvalue weighted by Gasteiger charge is -2.24. The minimum absolute atomic E-state index is 0.0152. The van der Waals surface area contributed by atoms with Gasteiger partial charge in [-0.3, -0.25) is 15.3 Å². The zero-order valence-electron chi connectivity index (χ0n) is 5.87. The summed E-state index contributed by atoms with van der Waals surface area (Å²) in [5, 5.41) is 5.24. The van der Waals surface area contributed by atoms with E-state index in [2.05, 4.69) is 20.6 Å². The third kappa shape index (κ3) is 1.09. The fraction of sp³-hybridized carbons (Fsp3) is 0.500. The first-order valence-electron chi connectivity index (χ1n) is 3.47. The van der Waals surface area contributed by atoms with E-state index in [1.165, 1.54) is 0 Å². The summed E-state index contributed by atoms with van der Waals surface area (Å²) in [5.41, 5.74) is 0. The Bertz CT molecular complexity index is 245. The van der Waals surface area contributed by atoms with Crippen LogP contribution in [0.5, 0.6) is 0 Å². The Balaban J connectivity index is 2.17. The molecule has 2 heterocycles. The first-order valence-corrected chi connectivity index (χ1v) is 3.47. The fourth-order valence-corrected chi connectivity index (χ4v) is 1.11. The Morgan fingerprint density at radius 2 is 2.55 bits per heavy atom. The normalized spacial score (nSPS) is 28.2. The highest BCUT2D eigenvalue weighted by Crippen LogP contribution is 2.00. The number of amides is 2. The number of aliphatic imine (C=N–C) groups is 2. The maximum Gasteiger partial charge on any atom is 0.320 e. The summed E-state index contributed by atoms with van der Waals surface area (Å²) in [5.74, 6) is 0.691. The lowest BCUT2D eigenvalue weighted by atomic mass is 10.2. The van der Waals surface area contributed by atoms with E-state index in [0.29, 0.717) is 18.9 Å². The van der Waals surface area contributed by atoms with Crippen LogP contribution in [0.4, 0.5) is 4.79 Å². The van der Waals surface area contributed by atoms with Crippen LogP contribution in [0.15, 0.2) is 9.98 Å². The molecule has 0 spiro atoms. The second-order valence-corrected chi connectivity index (χ2v) is 2.41. The van der Waals surface area contributed by atoms with Gasteiger partial charge in [-0.2, -0.15) is 0 Å². The number of hydrogen-bond donors (Lipinski definition) is 2. The van der Waals surface area contributed by atoms with Gasteiger partial charge in [-0.15, -0.1) is 0 Å². The smallest absolute Gasteiger partial charge is 0.320 e. The number of fused-ring (bicyclic) bond motifs is 1. The first-order chi connectivity index (χ1) is 5.36. The monoisotopic (exact) mass is 152 g/mol. The van der Waals surface area contributed by atoms with E-state index in [1.807, 2.05) is 0 Å². The molecule has 2 amide bonds. The van der Waals surface area contributed by atoms with Crippen LogP contribution in [0.2, 0.25) is 0 Å². The molecule has 1 unspecified atom stereocenters. The summed E-state index contributed by atoms with van der Waals surface area (Å²) >= 11 is 0. The van der Waals surface area contributed by atoms with E-state index in [0.717, 1.165) is 0 Å². The van der Waals surface area contributed by atoms with Crippen molar-refractivity contribution in [1.82, 2.24) is 10.6 Å².